The molecule has 2 amide bonds. The van der Waals surface area contributed by atoms with E-state index in [0.29, 0.717) is 5.70 Å². The third-order valence-electron chi connectivity index (χ3n) is 4.33. The van der Waals surface area contributed by atoms with E-state index >= 15 is 0 Å². The fourth-order valence-corrected chi connectivity index (χ4v) is 2.92. The monoisotopic (exact) mass is 367 g/mol. The molecular formula is C20H21N3O4. The first-order valence-electron chi connectivity index (χ1n) is 8.40. The van der Waals surface area contributed by atoms with E-state index in [1.54, 1.807) is 14.0 Å². The largest absolute Gasteiger partial charge is 0.497 e. The number of benzene rings is 2. The summed E-state index contributed by atoms with van der Waals surface area (Å²) in [6.45, 7) is 1.63. The van der Waals surface area contributed by atoms with Gasteiger partial charge in [-0.15, -0.1) is 0 Å². The maximum absolute atomic E-state index is 12.9. The van der Waals surface area contributed by atoms with Crippen LogP contribution in [0.1, 0.15) is 24.1 Å². The van der Waals surface area contributed by atoms with Gasteiger partial charge < -0.3 is 20.1 Å². The van der Waals surface area contributed by atoms with Crippen LogP contribution in [0.25, 0.3) is 0 Å². The predicted molar refractivity (Wildman–Crippen MR) is 101 cm³/mol. The first-order valence-corrected chi connectivity index (χ1v) is 8.40. The van der Waals surface area contributed by atoms with Crippen molar-refractivity contribution in [1.29, 1.82) is 0 Å². The lowest BCUT2D eigenvalue weighted by Gasteiger charge is -2.18. The number of amides is 2. The van der Waals surface area contributed by atoms with Crippen molar-refractivity contribution in [3.63, 3.8) is 0 Å². The van der Waals surface area contributed by atoms with Crippen LogP contribution in [0.4, 0.5) is 10.5 Å². The van der Waals surface area contributed by atoms with E-state index in [1.807, 2.05) is 48.5 Å². The molecule has 0 aromatic heterocycles. The Bertz CT molecular complexity index is 890. The summed E-state index contributed by atoms with van der Waals surface area (Å²) < 4.78 is 9.81. The van der Waals surface area contributed by atoms with Crippen molar-refractivity contribution in [1.82, 2.24) is 10.6 Å². The van der Waals surface area contributed by atoms with Gasteiger partial charge in [0.2, 0.25) is 0 Å². The zero-order valence-corrected chi connectivity index (χ0v) is 15.3. The van der Waals surface area contributed by atoms with Crippen LogP contribution in [-0.4, -0.2) is 26.2 Å². The van der Waals surface area contributed by atoms with E-state index in [0.717, 1.165) is 22.6 Å². The topological polar surface area (TPSA) is 88.7 Å². The van der Waals surface area contributed by atoms with Gasteiger partial charge in [0.25, 0.3) is 5.91 Å². The van der Waals surface area contributed by atoms with Crippen LogP contribution < -0.4 is 20.7 Å². The summed E-state index contributed by atoms with van der Waals surface area (Å²) in [5.74, 6) is 0.407. The smallest absolute Gasteiger partial charge is 0.411 e. The molecule has 3 N–H and O–H groups in total. The van der Waals surface area contributed by atoms with Crippen LogP contribution in [0.3, 0.4) is 0 Å². The van der Waals surface area contributed by atoms with Gasteiger partial charge in [-0.2, -0.15) is 0 Å². The Balaban J connectivity index is 2.03. The number of fused-ring (bicyclic) bond motifs is 1. The van der Waals surface area contributed by atoms with E-state index in [9.17, 15) is 9.59 Å². The molecule has 7 nitrogen and oxygen atoms in total. The van der Waals surface area contributed by atoms with Crippen LogP contribution in [-0.2, 0) is 9.53 Å². The molecule has 2 aromatic rings. The van der Waals surface area contributed by atoms with Gasteiger partial charge in [-0.05, 0) is 30.7 Å². The molecule has 2 aromatic carbocycles. The van der Waals surface area contributed by atoms with Gasteiger partial charge in [-0.3, -0.25) is 10.1 Å². The van der Waals surface area contributed by atoms with Gasteiger partial charge in [0.15, 0.2) is 0 Å². The number of alkyl carbamates (subject to hydrolysis) is 1. The molecule has 1 aliphatic heterocycles. The number of carbonyl (C=O) groups is 2. The SMILES string of the molecule is COC(=O)N/C(C)=C1/Nc2ccccc2[C@@H](c2ccc(OC)cc2)NC1=O. The van der Waals surface area contributed by atoms with Gasteiger partial charge in [-0.25, -0.2) is 4.79 Å². The second kappa shape index (κ2) is 7.82. The molecular weight excluding hydrogens is 346 g/mol. The molecule has 27 heavy (non-hydrogen) atoms. The van der Waals surface area contributed by atoms with Crippen molar-refractivity contribution in [3.8, 4) is 5.75 Å². The van der Waals surface area contributed by atoms with E-state index < -0.39 is 6.09 Å². The highest BCUT2D eigenvalue weighted by Gasteiger charge is 2.27. The third kappa shape index (κ3) is 3.87. The van der Waals surface area contributed by atoms with Crippen molar-refractivity contribution in [3.05, 3.63) is 71.1 Å². The summed E-state index contributed by atoms with van der Waals surface area (Å²) in [4.78, 5) is 24.4. The molecule has 0 radical (unpaired) electrons. The molecule has 0 saturated carbocycles. The van der Waals surface area contributed by atoms with Gasteiger partial charge >= 0.3 is 6.09 Å². The second-order valence-electron chi connectivity index (χ2n) is 6.01. The van der Waals surface area contributed by atoms with Gasteiger partial charge in [0, 0.05) is 16.9 Å². The van der Waals surface area contributed by atoms with Crippen LogP contribution in [0.2, 0.25) is 0 Å². The standard InChI is InChI=1S/C20H21N3O4/c1-12(21-20(25)27-3)17-19(24)23-18(13-8-10-14(26-2)11-9-13)15-6-4-5-7-16(15)22-17/h4-11,18,22H,1-3H3,(H,21,25)(H,23,24)/b17-12+/t18-/m1/s1. The summed E-state index contributed by atoms with van der Waals surface area (Å²) in [7, 11) is 2.87. The number of hydrogen-bond donors (Lipinski definition) is 3. The number of para-hydroxylation sites is 1. The summed E-state index contributed by atoms with van der Waals surface area (Å²) in [5, 5.41) is 8.69. The molecule has 3 rings (SSSR count). The average Bonchev–Trinajstić information content (AvgIpc) is 2.84. The van der Waals surface area contributed by atoms with E-state index in [-0.39, 0.29) is 17.6 Å². The Morgan fingerprint density at radius 3 is 2.44 bits per heavy atom. The Kier molecular flexibility index (Phi) is 5.30. The number of ether oxygens (including phenoxy) is 2. The fraction of sp³-hybridized carbons (Fsp3) is 0.200. The van der Waals surface area contributed by atoms with E-state index in [2.05, 4.69) is 20.7 Å². The van der Waals surface area contributed by atoms with Crippen LogP contribution in [0, 0.1) is 0 Å². The Morgan fingerprint density at radius 2 is 1.78 bits per heavy atom. The first-order chi connectivity index (χ1) is 13.0. The third-order valence-corrected chi connectivity index (χ3v) is 4.33. The van der Waals surface area contributed by atoms with E-state index in [4.69, 9.17) is 4.74 Å². The highest BCUT2D eigenvalue weighted by molar-refractivity contribution is 5.99. The normalized spacial score (nSPS) is 17.6. The maximum atomic E-state index is 12.9. The molecule has 0 spiro atoms. The minimum Gasteiger partial charge on any atom is -0.497 e. The van der Waals surface area contributed by atoms with Gasteiger partial charge in [0.05, 0.1) is 20.3 Å². The highest BCUT2D eigenvalue weighted by atomic mass is 16.5. The first kappa shape index (κ1) is 18.3. The lowest BCUT2D eigenvalue weighted by atomic mass is 9.97. The summed E-state index contributed by atoms with van der Waals surface area (Å²) in [6.07, 6.45) is -0.640. The number of rotatable bonds is 3. The quantitative estimate of drug-likeness (QED) is 0.726. The molecule has 0 unspecified atom stereocenters. The molecule has 1 aliphatic rings. The van der Waals surface area contributed by atoms with E-state index in [1.165, 1.54) is 7.11 Å². The van der Waals surface area contributed by atoms with Crippen LogP contribution in [0.15, 0.2) is 59.9 Å². The number of carbonyl (C=O) groups excluding carboxylic acids is 2. The number of methoxy groups -OCH3 is 2. The van der Waals surface area contributed by atoms with Crippen molar-refractivity contribution >= 4 is 17.7 Å². The van der Waals surface area contributed by atoms with Crippen molar-refractivity contribution in [2.24, 2.45) is 0 Å². The number of nitrogens with one attached hydrogen (secondary N) is 3. The highest BCUT2D eigenvalue weighted by Crippen LogP contribution is 2.33. The average molecular weight is 367 g/mol. The zero-order valence-electron chi connectivity index (χ0n) is 15.3. The van der Waals surface area contributed by atoms with Gasteiger partial charge in [-0.1, -0.05) is 30.3 Å². The fourth-order valence-electron chi connectivity index (χ4n) is 2.92. The van der Waals surface area contributed by atoms with Crippen molar-refractivity contribution < 1.29 is 19.1 Å². The Hall–Kier alpha value is -3.48. The maximum Gasteiger partial charge on any atom is 0.411 e. The Labute approximate surface area is 157 Å². The van der Waals surface area contributed by atoms with Crippen molar-refractivity contribution in [2.45, 2.75) is 13.0 Å². The molecule has 0 aliphatic carbocycles. The predicted octanol–water partition coefficient (Wildman–Crippen LogP) is 2.91. The van der Waals surface area contributed by atoms with Crippen LogP contribution in [0.5, 0.6) is 5.75 Å². The molecule has 7 heteroatoms. The minimum absolute atomic E-state index is 0.254. The van der Waals surface area contributed by atoms with Crippen molar-refractivity contribution in [2.75, 3.05) is 19.5 Å². The molecule has 1 heterocycles. The molecule has 0 saturated heterocycles. The lowest BCUT2D eigenvalue weighted by molar-refractivity contribution is -0.117. The second-order valence-corrected chi connectivity index (χ2v) is 6.01. The lowest BCUT2D eigenvalue weighted by Crippen LogP contribution is -2.33. The van der Waals surface area contributed by atoms with Gasteiger partial charge in [0.1, 0.15) is 11.4 Å². The van der Waals surface area contributed by atoms with Crippen LogP contribution >= 0.6 is 0 Å². The molecule has 0 fully saturated rings. The number of allylic oxidation sites excluding steroid dienone is 1. The Morgan fingerprint density at radius 1 is 1.07 bits per heavy atom. The molecule has 140 valence electrons. The number of anilines is 1. The minimum atomic E-state index is -0.640. The summed E-state index contributed by atoms with van der Waals surface area (Å²) >= 11 is 0. The summed E-state index contributed by atoms with van der Waals surface area (Å²) in [5.41, 5.74) is 3.22. The molecule has 1 atom stereocenters. The molecule has 0 bridgehead atoms. The zero-order chi connectivity index (χ0) is 19.4. The number of hydrogen-bond acceptors (Lipinski definition) is 5. The summed E-state index contributed by atoms with van der Waals surface area (Å²) in [6, 6.07) is 14.8.